The van der Waals surface area contributed by atoms with E-state index in [2.05, 4.69) is 15.1 Å². The summed E-state index contributed by atoms with van der Waals surface area (Å²) in [5.41, 5.74) is -0.0827. The van der Waals surface area contributed by atoms with Crippen LogP contribution in [0.15, 0.2) is 12.1 Å². The Morgan fingerprint density at radius 1 is 1.44 bits per heavy atom. The van der Waals surface area contributed by atoms with Crippen molar-refractivity contribution in [1.29, 1.82) is 0 Å². The zero-order valence-corrected chi connectivity index (χ0v) is 9.38. The smallest absolute Gasteiger partial charge is 0.356 e. The first-order chi connectivity index (χ1) is 7.59. The quantitative estimate of drug-likeness (QED) is 0.711. The van der Waals surface area contributed by atoms with Gasteiger partial charge < -0.3 is 14.7 Å². The van der Waals surface area contributed by atoms with Crippen LogP contribution in [0.2, 0.25) is 0 Å². The number of carbonyl (C=O) groups is 1. The van der Waals surface area contributed by atoms with Crippen LogP contribution in [0.1, 0.15) is 16.9 Å². The molecule has 6 heteroatoms. The Morgan fingerprint density at radius 2 is 2.19 bits per heavy atom. The molecule has 0 unspecified atom stereocenters. The third kappa shape index (κ3) is 4.22. The highest BCUT2D eigenvalue weighted by molar-refractivity contribution is 5.84. The van der Waals surface area contributed by atoms with Crippen LogP contribution >= 0.6 is 0 Å². The van der Waals surface area contributed by atoms with Gasteiger partial charge in [-0.05, 0) is 26.6 Å². The lowest BCUT2D eigenvalue weighted by molar-refractivity contribution is 0.0689. The van der Waals surface area contributed by atoms with Gasteiger partial charge in [0.15, 0.2) is 5.69 Å². The molecule has 88 valence electrons. The van der Waals surface area contributed by atoms with Gasteiger partial charge in [-0.2, -0.15) is 0 Å². The van der Waals surface area contributed by atoms with Gasteiger partial charge in [-0.15, -0.1) is 10.2 Å². The Bertz CT molecular complexity index is 338. The number of hydrogen-bond donors (Lipinski definition) is 1. The Kier molecular flexibility index (Phi) is 4.65. The monoisotopic (exact) mass is 225 g/mol. The number of aromatic carboxylic acids is 1. The molecule has 6 nitrogen and oxygen atoms in total. The summed E-state index contributed by atoms with van der Waals surface area (Å²) >= 11 is 0. The lowest BCUT2D eigenvalue weighted by Gasteiger charge is -2.09. The summed E-state index contributed by atoms with van der Waals surface area (Å²) in [6.07, 6.45) is 0.884. The minimum Gasteiger partial charge on any atom is -0.477 e. The van der Waals surface area contributed by atoms with E-state index in [1.165, 1.54) is 12.1 Å². The summed E-state index contributed by atoms with van der Waals surface area (Å²) in [4.78, 5) is 12.6. The van der Waals surface area contributed by atoms with Crippen LogP contribution < -0.4 is 4.74 Å². The summed E-state index contributed by atoms with van der Waals surface area (Å²) in [6.45, 7) is 1.47. The lowest BCUT2D eigenvalue weighted by Crippen LogP contribution is -2.15. The maximum absolute atomic E-state index is 10.5. The summed E-state index contributed by atoms with van der Waals surface area (Å²) < 4.78 is 5.30. The predicted octanol–water partition coefficient (Wildman–Crippen LogP) is 0.505. The summed E-state index contributed by atoms with van der Waals surface area (Å²) in [7, 11) is 3.98. The van der Waals surface area contributed by atoms with Crippen molar-refractivity contribution in [2.24, 2.45) is 0 Å². The Labute approximate surface area is 93.9 Å². The van der Waals surface area contributed by atoms with Crippen molar-refractivity contribution in [2.75, 3.05) is 27.2 Å². The van der Waals surface area contributed by atoms with Crippen LogP contribution in [0.4, 0.5) is 0 Å². The van der Waals surface area contributed by atoms with Gasteiger partial charge in [-0.1, -0.05) is 0 Å². The first-order valence-electron chi connectivity index (χ1n) is 4.94. The fourth-order valence-electron chi connectivity index (χ4n) is 1.07. The van der Waals surface area contributed by atoms with E-state index in [1.54, 1.807) is 0 Å². The molecule has 0 bridgehead atoms. The maximum Gasteiger partial charge on any atom is 0.356 e. The Morgan fingerprint density at radius 3 is 2.69 bits per heavy atom. The molecular weight excluding hydrogens is 210 g/mol. The molecule has 16 heavy (non-hydrogen) atoms. The van der Waals surface area contributed by atoms with Crippen LogP contribution in [0.25, 0.3) is 0 Å². The minimum atomic E-state index is -1.09. The molecule has 0 aliphatic carbocycles. The van der Waals surface area contributed by atoms with Gasteiger partial charge in [0.1, 0.15) is 0 Å². The molecule has 1 rings (SSSR count). The van der Waals surface area contributed by atoms with E-state index in [-0.39, 0.29) is 5.69 Å². The van der Waals surface area contributed by atoms with Crippen molar-refractivity contribution < 1.29 is 14.6 Å². The molecule has 0 aliphatic heterocycles. The van der Waals surface area contributed by atoms with E-state index in [0.717, 1.165) is 13.0 Å². The zero-order chi connectivity index (χ0) is 12.0. The van der Waals surface area contributed by atoms with Gasteiger partial charge in [-0.25, -0.2) is 4.79 Å². The second-order valence-corrected chi connectivity index (χ2v) is 3.57. The number of nitrogens with zero attached hydrogens (tertiary/aromatic N) is 3. The number of carboxylic acids is 1. The maximum atomic E-state index is 10.5. The second-order valence-electron chi connectivity index (χ2n) is 3.57. The molecule has 0 saturated carbocycles. The normalized spacial score (nSPS) is 10.4. The van der Waals surface area contributed by atoms with Crippen LogP contribution in [-0.2, 0) is 0 Å². The van der Waals surface area contributed by atoms with Gasteiger partial charge in [0.05, 0.1) is 6.61 Å². The van der Waals surface area contributed by atoms with E-state index in [1.807, 2.05) is 14.1 Å². The van der Waals surface area contributed by atoms with E-state index >= 15 is 0 Å². The predicted molar refractivity (Wildman–Crippen MR) is 57.7 cm³/mol. The highest BCUT2D eigenvalue weighted by Crippen LogP contribution is 2.05. The molecule has 1 aromatic rings. The average Bonchev–Trinajstić information content (AvgIpc) is 2.25. The van der Waals surface area contributed by atoms with Crippen molar-refractivity contribution in [1.82, 2.24) is 15.1 Å². The van der Waals surface area contributed by atoms with Crippen molar-refractivity contribution in [3.05, 3.63) is 17.8 Å². The van der Waals surface area contributed by atoms with Gasteiger partial charge >= 0.3 is 5.97 Å². The van der Waals surface area contributed by atoms with Crippen molar-refractivity contribution in [3.63, 3.8) is 0 Å². The summed E-state index contributed by atoms with van der Waals surface area (Å²) in [5, 5.41) is 15.8. The van der Waals surface area contributed by atoms with E-state index in [0.29, 0.717) is 12.5 Å². The average molecular weight is 225 g/mol. The number of hydrogen-bond acceptors (Lipinski definition) is 5. The largest absolute Gasteiger partial charge is 0.477 e. The zero-order valence-electron chi connectivity index (χ0n) is 9.38. The van der Waals surface area contributed by atoms with Crippen LogP contribution in [0, 0.1) is 0 Å². The van der Waals surface area contributed by atoms with Gasteiger partial charge in [-0.3, -0.25) is 0 Å². The Hall–Kier alpha value is -1.69. The van der Waals surface area contributed by atoms with Crippen molar-refractivity contribution >= 4 is 5.97 Å². The molecule has 1 N–H and O–H groups in total. The molecule has 0 aromatic carbocycles. The van der Waals surface area contributed by atoms with Crippen LogP contribution in [-0.4, -0.2) is 53.4 Å². The third-order valence-electron chi connectivity index (χ3n) is 1.86. The Balaban J connectivity index is 2.35. The number of aromatic nitrogens is 2. The van der Waals surface area contributed by atoms with E-state index in [9.17, 15) is 4.79 Å². The second kappa shape index (κ2) is 6.02. The van der Waals surface area contributed by atoms with E-state index < -0.39 is 5.97 Å². The fourth-order valence-corrected chi connectivity index (χ4v) is 1.07. The molecule has 0 saturated heterocycles. The number of carboxylic acid groups (broad SMARTS) is 1. The van der Waals surface area contributed by atoms with Gasteiger partial charge in [0, 0.05) is 12.6 Å². The third-order valence-corrected chi connectivity index (χ3v) is 1.86. The summed E-state index contributed by atoms with van der Waals surface area (Å²) in [5.74, 6) is -0.740. The molecule has 0 radical (unpaired) electrons. The SMILES string of the molecule is CN(C)CCCOc1ccc(C(=O)O)nn1. The van der Waals surface area contributed by atoms with Crippen LogP contribution in [0.3, 0.4) is 0 Å². The molecule has 0 atom stereocenters. The summed E-state index contributed by atoms with van der Waals surface area (Å²) in [6, 6.07) is 2.88. The van der Waals surface area contributed by atoms with Crippen molar-refractivity contribution in [3.8, 4) is 5.88 Å². The molecule has 0 aliphatic rings. The molecule has 1 aromatic heterocycles. The molecule has 0 fully saturated rings. The van der Waals surface area contributed by atoms with Gasteiger partial charge in [0.2, 0.25) is 5.88 Å². The standard InChI is InChI=1S/C10H15N3O3/c1-13(2)6-3-7-16-9-5-4-8(10(14)15)11-12-9/h4-5H,3,6-7H2,1-2H3,(H,14,15). The van der Waals surface area contributed by atoms with Gasteiger partial charge in [0.25, 0.3) is 0 Å². The molecule has 0 amide bonds. The highest BCUT2D eigenvalue weighted by atomic mass is 16.5. The molecule has 1 heterocycles. The molecular formula is C10H15N3O3. The lowest BCUT2D eigenvalue weighted by atomic mass is 10.4. The molecule has 0 spiro atoms. The number of ether oxygens (including phenoxy) is 1. The topological polar surface area (TPSA) is 75.5 Å². The number of rotatable bonds is 6. The first kappa shape index (κ1) is 12.4. The minimum absolute atomic E-state index is 0.0827. The van der Waals surface area contributed by atoms with Crippen molar-refractivity contribution in [2.45, 2.75) is 6.42 Å². The highest BCUT2D eigenvalue weighted by Gasteiger charge is 2.05. The van der Waals surface area contributed by atoms with Crippen LogP contribution in [0.5, 0.6) is 5.88 Å². The fraction of sp³-hybridized carbons (Fsp3) is 0.500. The first-order valence-corrected chi connectivity index (χ1v) is 4.94. The van der Waals surface area contributed by atoms with E-state index in [4.69, 9.17) is 9.84 Å².